The molecule has 1 unspecified atom stereocenters. The third-order valence-corrected chi connectivity index (χ3v) is 1.97. The lowest BCUT2D eigenvalue weighted by Crippen LogP contribution is -2.44. The summed E-state index contributed by atoms with van der Waals surface area (Å²) in [7, 11) is 1.47. The maximum Gasteiger partial charge on any atom is 0.323 e. The lowest BCUT2D eigenvalue weighted by atomic mass is 10.2. The first-order chi connectivity index (χ1) is 6.67. The van der Waals surface area contributed by atoms with Gasteiger partial charge in [0.05, 0.1) is 12.7 Å². The van der Waals surface area contributed by atoms with Crippen LogP contribution in [0.1, 0.15) is 13.3 Å². The molecule has 0 aliphatic heterocycles. The number of nitrogens with zero attached hydrogens (tertiary/aromatic N) is 2. The smallest absolute Gasteiger partial charge is 0.323 e. The Morgan fingerprint density at radius 1 is 1.71 bits per heavy atom. The van der Waals surface area contributed by atoms with Crippen molar-refractivity contribution in [1.29, 1.82) is 5.26 Å². The van der Waals surface area contributed by atoms with Crippen LogP contribution >= 0.6 is 0 Å². The van der Waals surface area contributed by atoms with E-state index in [9.17, 15) is 4.79 Å². The molecule has 5 heteroatoms. The van der Waals surface area contributed by atoms with Gasteiger partial charge >= 0.3 is 5.97 Å². The van der Waals surface area contributed by atoms with Crippen molar-refractivity contribution in [2.75, 3.05) is 26.8 Å². The number of hydrogen-bond donors (Lipinski definition) is 1. The van der Waals surface area contributed by atoms with Crippen LogP contribution in [0.4, 0.5) is 0 Å². The second kappa shape index (κ2) is 7.30. The van der Waals surface area contributed by atoms with Crippen molar-refractivity contribution in [3.8, 4) is 6.07 Å². The minimum absolute atomic E-state index is 0.147. The number of carbonyl (C=O) groups is 1. The Morgan fingerprint density at radius 3 is 2.71 bits per heavy atom. The molecule has 0 aliphatic rings. The van der Waals surface area contributed by atoms with Crippen LogP contribution in [0.3, 0.4) is 0 Å². The molecule has 0 saturated carbocycles. The molecule has 5 nitrogen and oxygen atoms in total. The third kappa shape index (κ3) is 4.21. The van der Waals surface area contributed by atoms with E-state index in [1.54, 1.807) is 4.90 Å². The highest BCUT2D eigenvalue weighted by atomic mass is 16.5. The molecule has 0 bridgehead atoms. The van der Waals surface area contributed by atoms with Crippen LogP contribution in [-0.4, -0.2) is 48.8 Å². The predicted octanol–water partition coefficient (Wildman–Crippen LogP) is 0.322. The highest BCUT2D eigenvalue weighted by molar-refractivity contribution is 5.73. The van der Waals surface area contributed by atoms with Crippen molar-refractivity contribution in [3.05, 3.63) is 0 Å². The molecule has 1 N–H and O–H groups in total. The Balaban J connectivity index is 4.27. The number of nitriles is 1. The minimum Gasteiger partial charge on any atom is -0.480 e. The van der Waals surface area contributed by atoms with E-state index in [0.29, 0.717) is 19.5 Å². The molecule has 14 heavy (non-hydrogen) atoms. The second-order valence-electron chi connectivity index (χ2n) is 2.85. The molecule has 0 aliphatic carbocycles. The molecule has 0 aromatic heterocycles. The first-order valence-electron chi connectivity index (χ1n) is 4.50. The van der Waals surface area contributed by atoms with Crippen LogP contribution in [0.2, 0.25) is 0 Å². The van der Waals surface area contributed by atoms with E-state index in [1.165, 1.54) is 7.11 Å². The first kappa shape index (κ1) is 12.9. The molecule has 0 radical (unpaired) electrons. The molecule has 0 heterocycles. The van der Waals surface area contributed by atoms with Gasteiger partial charge in [0.2, 0.25) is 0 Å². The number of rotatable bonds is 7. The van der Waals surface area contributed by atoms with Gasteiger partial charge in [0.15, 0.2) is 0 Å². The molecule has 0 amide bonds. The van der Waals surface area contributed by atoms with Crippen molar-refractivity contribution < 1.29 is 14.6 Å². The summed E-state index contributed by atoms with van der Waals surface area (Å²) >= 11 is 0. The van der Waals surface area contributed by atoms with Gasteiger partial charge in [-0.05, 0) is 6.54 Å². The van der Waals surface area contributed by atoms with Crippen LogP contribution in [0.5, 0.6) is 0 Å². The average Bonchev–Trinajstić information content (AvgIpc) is 2.17. The van der Waals surface area contributed by atoms with E-state index >= 15 is 0 Å². The molecular weight excluding hydrogens is 184 g/mol. The Labute approximate surface area is 83.9 Å². The fourth-order valence-electron chi connectivity index (χ4n) is 1.22. The van der Waals surface area contributed by atoms with E-state index in [4.69, 9.17) is 15.1 Å². The van der Waals surface area contributed by atoms with E-state index < -0.39 is 12.0 Å². The van der Waals surface area contributed by atoms with E-state index in [1.807, 2.05) is 13.0 Å². The van der Waals surface area contributed by atoms with E-state index in [-0.39, 0.29) is 6.61 Å². The molecule has 1 atom stereocenters. The Kier molecular flexibility index (Phi) is 6.72. The van der Waals surface area contributed by atoms with Gasteiger partial charge in [0.1, 0.15) is 6.04 Å². The van der Waals surface area contributed by atoms with Crippen molar-refractivity contribution in [3.63, 3.8) is 0 Å². The summed E-state index contributed by atoms with van der Waals surface area (Å²) in [6.07, 6.45) is 0.335. The normalized spacial score (nSPS) is 12.4. The Bertz CT molecular complexity index is 213. The molecule has 80 valence electrons. The van der Waals surface area contributed by atoms with Gasteiger partial charge in [-0.15, -0.1) is 0 Å². The summed E-state index contributed by atoms with van der Waals surface area (Å²) in [5, 5.41) is 17.3. The molecule has 0 rings (SSSR count). The number of ether oxygens (including phenoxy) is 1. The lowest BCUT2D eigenvalue weighted by Gasteiger charge is -2.25. The minimum atomic E-state index is -0.911. The SMILES string of the molecule is CCN(CCC#N)C(COC)C(=O)O. The van der Waals surface area contributed by atoms with Crippen molar-refractivity contribution in [2.24, 2.45) is 0 Å². The van der Waals surface area contributed by atoms with Gasteiger partial charge in [-0.3, -0.25) is 9.69 Å². The van der Waals surface area contributed by atoms with Crippen molar-refractivity contribution in [1.82, 2.24) is 4.90 Å². The number of aliphatic carboxylic acids is 1. The van der Waals surface area contributed by atoms with Gasteiger partial charge in [-0.2, -0.15) is 5.26 Å². The zero-order valence-electron chi connectivity index (χ0n) is 8.56. The van der Waals surface area contributed by atoms with Crippen molar-refractivity contribution in [2.45, 2.75) is 19.4 Å². The van der Waals surface area contributed by atoms with Gasteiger partial charge in [0, 0.05) is 20.1 Å². The van der Waals surface area contributed by atoms with Gasteiger partial charge < -0.3 is 9.84 Å². The topological polar surface area (TPSA) is 73.6 Å². The van der Waals surface area contributed by atoms with Crippen LogP contribution in [0.25, 0.3) is 0 Å². The van der Waals surface area contributed by atoms with Gasteiger partial charge in [-0.25, -0.2) is 0 Å². The van der Waals surface area contributed by atoms with Gasteiger partial charge in [-0.1, -0.05) is 6.92 Å². The lowest BCUT2D eigenvalue weighted by molar-refractivity contribution is -0.145. The van der Waals surface area contributed by atoms with Crippen LogP contribution in [-0.2, 0) is 9.53 Å². The zero-order chi connectivity index (χ0) is 11.0. The van der Waals surface area contributed by atoms with E-state index in [2.05, 4.69) is 0 Å². The molecule has 0 aromatic rings. The zero-order valence-corrected chi connectivity index (χ0v) is 8.56. The van der Waals surface area contributed by atoms with Crippen LogP contribution < -0.4 is 0 Å². The quantitative estimate of drug-likeness (QED) is 0.640. The number of carboxylic acid groups (broad SMARTS) is 1. The fraction of sp³-hybridized carbons (Fsp3) is 0.778. The second-order valence-corrected chi connectivity index (χ2v) is 2.85. The average molecular weight is 200 g/mol. The molecule has 0 saturated heterocycles. The number of methoxy groups -OCH3 is 1. The summed E-state index contributed by atoms with van der Waals surface area (Å²) in [5.74, 6) is -0.911. The Hall–Kier alpha value is -1.12. The van der Waals surface area contributed by atoms with Crippen LogP contribution in [0, 0.1) is 11.3 Å². The summed E-state index contributed by atoms with van der Waals surface area (Å²) in [6, 6.07) is 1.34. The highest BCUT2D eigenvalue weighted by Gasteiger charge is 2.23. The summed E-state index contributed by atoms with van der Waals surface area (Å²) in [5.41, 5.74) is 0. The monoisotopic (exact) mass is 200 g/mol. The number of likely N-dealkylation sites (N-methyl/N-ethyl adjacent to an activating group) is 1. The summed E-state index contributed by atoms with van der Waals surface area (Å²) in [6.45, 7) is 3.08. The third-order valence-electron chi connectivity index (χ3n) is 1.97. The largest absolute Gasteiger partial charge is 0.480 e. The van der Waals surface area contributed by atoms with Gasteiger partial charge in [0.25, 0.3) is 0 Å². The summed E-state index contributed by atoms with van der Waals surface area (Å²) in [4.78, 5) is 12.6. The molecular formula is C9H16N2O3. The molecule has 0 aromatic carbocycles. The fourth-order valence-corrected chi connectivity index (χ4v) is 1.22. The number of hydrogen-bond acceptors (Lipinski definition) is 4. The standard InChI is InChI=1S/C9H16N2O3/c1-3-11(6-4-5-10)8(7-14-2)9(12)13/h8H,3-4,6-7H2,1-2H3,(H,12,13). The predicted molar refractivity (Wildman–Crippen MR) is 50.8 cm³/mol. The maximum atomic E-state index is 10.8. The highest BCUT2D eigenvalue weighted by Crippen LogP contribution is 2.01. The Morgan fingerprint density at radius 2 is 2.36 bits per heavy atom. The molecule has 0 fully saturated rings. The number of carboxylic acids is 1. The maximum absolute atomic E-state index is 10.8. The molecule has 0 spiro atoms. The summed E-state index contributed by atoms with van der Waals surface area (Å²) < 4.78 is 4.82. The van der Waals surface area contributed by atoms with Crippen molar-refractivity contribution >= 4 is 5.97 Å². The first-order valence-corrected chi connectivity index (χ1v) is 4.50. The van der Waals surface area contributed by atoms with E-state index in [0.717, 1.165) is 0 Å². The van der Waals surface area contributed by atoms with Crippen LogP contribution in [0.15, 0.2) is 0 Å².